The Morgan fingerprint density at radius 2 is 2.11 bits per heavy atom. The first-order valence-electron chi connectivity index (χ1n) is 6.59. The summed E-state index contributed by atoms with van der Waals surface area (Å²) in [4.78, 5) is 24.7. The van der Waals surface area contributed by atoms with E-state index in [1.165, 1.54) is 10.5 Å². The van der Waals surface area contributed by atoms with E-state index >= 15 is 0 Å². The Morgan fingerprint density at radius 1 is 1.37 bits per heavy atom. The van der Waals surface area contributed by atoms with Crippen molar-refractivity contribution in [1.29, 1.82) is 0 Å². The molecule has 0 bridgehead atoms. The van der Waals surface area contributed by atoms with Gasteiger partial charge in [0.2, 0.25) is 0 Å². The van der Waals surface area contributed by atoms with Gasteiger partial charge < -0.3 is 10.0 Å². The Kier molecular flexibility index (Phi) is 3.88. The molecule has 0 aromatic heterocycles. The Hall–Kier alpha value is -1.84. The van der Waals surface area contributed by atoms with Crippen LogP contribution in [0.3, 0.4) is 0 Å². The van der Waals surface area contributed by atoms with Gasteiger partial charge in [0, 0.05) is 19.2 Å². The predicted molar refractivity (Wildman–Crippen MR) is 72.2 cm³/mol. The third-order valence-electron chi connectivity index (χ3n) is 3.69. The predicted octanol–water partition coefficient (Wildman–Crippen LogP) is 1.97. The fourth-order valence-corrected chi connectivity index (χ4v) is 2.60. The molecule has 0 spiro atoms. The van der Waals surface area contributed by atoms with Gasteiger partial charge in [-0.05, 0) is 36.5 Å². The molecule has 0 heterocycles. The van der Waals surface area contributed by atoms with Crippen molar-refractivity contribution in [1.82, 2.24) is 4.90 Å². The van der Waals surface area contributed by atoms with Gasteiger partial charge in [0.1, 0.15) is 0 Å². The smallest absolute Gasteiger partial charge is 0.308 e. The summed E-state index contributed by atoms with van der Waals surface area (Å²) in [6.07, 6.45) is 3.07. The summed E-state index contributed by atoms with van der Waals surface area (Å²) in [5, 5.41) is 8.90. The summed E-state index contributed by atoms with van der Waals surface area (Å²) >= 11 is 0. The molecule has 2 rings (SSSR count). The molecule has 0 saturated heterocycles. The number of aliphatic carboxylic acids is 1. The van der Waals surface area contributed by atoms with E-state index in [4.69, 9.17) is 5.11 Å². The minimum Gasteiger partial charge on any atom is -0.481 e. The Labute approximate surface area is 113 Å². The highest BCUT2D eigenvalue weighted by atomic mass is 16.4. The number of amides is 1. The molecule has 1 amide bonds. The number of aryl methyl sites for hydroxylation is 1. The zero-order chi connectivity index (χ0) is 14.0. The molecule has 1 aromatic carbocycles. The Balaban J connectivity index is 2.16. The van der Waals surface area contributed by atoms with Gasteiger partial charge in [-0.15, -0.1) is 0 Å². The van der Waals surface area contributed by atoms with Gasteiger partial charge in [-0.3, -0.25) is 9.59 Å². The van der Waals surface area contributed by atoms with Crippen molar-refractivity contribution in [2.45, 2.75) is 26.2 Å². The summed E-state index contributed by atoms with van der Waals surface area (Å²) < 4.78 is 0. The standard InChI is InChI=1S/C15H19NO3/c1-10(15(18)19)9-16(2)14(17)13-8-4-6-11-5-3-7-12(11)13/h4,6,8,10H,3,5,7,9H2,1-2H3,(H,18,19). The van der Waals surface area contributed by atoms with Crippen LogP contribution in [0.25, 0.3) is 0 Å². The van der Waals surface area contributed by atoms with Crippen molar-refractivity contribution in [3.05, 3.63) is 34.9 Å². The second-order valence-corrected chi connectivity index (χ2v) is 5.22. The lowest BCUT2D eigenvalue weighted by molar-refractivity contribution is -0.141. The molecule has 1 aromatic rings. The van der Waals surface area contributed by atoms with Crippen LogP contribution in [-0.4, -0.2) is 35.5 Å². The van der Waals surface area contributed by atoms with E-state index in [9.17, 15) is 9.59 Å². The van der Waals surface area contributed by atoms with E-state index in [-0.39, 0.29) is 12.5 Å². The number of carbonyl (C=O) groups excluding carboxylic acids is 1. The van der Waals surface area contributed by atoms with Gasteiger partial charge in [0.05, 0.1) is 5.92 Å². The van der Waals surface area contributed by atoms with Crippen molar-refractivity contribution in [3.63, 3.8) is 0 Å². The maximum Gasteiger partial charge on any atom is 0.308 e. The molecule has 102 valence electrons. The summed E-state index contributed by atoms with van der Waals surface area (Å²) in [5.74, 6) is -1.50. The summed E-state index contributed by atoms with van der Waals surface area (Å²) in [7, 11) is 1.66. The quantitative estimate of drug-likeness (QED) is 0.901. The van der Waals surface area contributed by atoms with Gasteiger partial charge in [0.15, 0.2) is 0 Å². The van der Waals surface area contributed by atoms with E-state index in [2.05, 4.69) is 6.07 Å². The number of nitrogens with zero attached hydrogens (tertiary/aromatic N) is 1. The number of carboxylic acids is 1. The molecule has 1 N–H and O–H groups in total. The van der Waals surface area contributed by atoms with Crippen LogP contribution in [0.2, 0.25) is 0 Å². The van der Waals surface area contributed by atoms with Crippen LogP contribution in [-0.2, 0) is 17.6 Å². The van der Waals surface area contributed by atoms with Crippen molar-refractivity contribution in [3.8, 4) is 0 Å². The molecule has 1 aliphatic rings. The summed E-state index contributed by atoms with van der Waals surface area (Å²) in [6.45, 7) is 1.85. The highest BCUT2D eigenvalue weighted by Crippen LogP contribution is 2.26. The van der Waals surface area contributed by atoms with Crippen LogP contribution in [0.15, 0.2) is 18.2 Å². The first kappa shape index (κ1) is 13.6. The van der Waals surface area contributed by atoms with Gasteiger partial charge in [-0.2, -0.15) is 0 Å². The van der Waals surface area contributed by atoms with Crippen LogP contribution < -0.4 is 0 Å². The monoisotopic (exact) mass is 261 g/mol. The van der Waals surface area contributed by atoms with Crippen LogP contribution >= 0.6 is 0 Å². The van der Waals surface area contributed by atoms with Crippen LogP contribution in [0.4, 0.5) is 0 Å². The van der Waals surface area contributed by atoms with Crippen LogP contribution in [0.5, 0.6) is 0 Å². The number of hydrogen-bond acceptors (Lipinski definition) is 2. The van der Waals surface area contributed by atoms with Gasteiger partial charge in [-0.25, -0.2) is 0 Å². The highest BCUT2D eigenvalue weighted by molar-refractivity contribution is 5.96. The Bertz CT molecular complexity index is 510. The molecular formula is C15H19NO3. The maximum atomic E-state index is 12.4. The third kappa shape index (κ3) is 2.78. The molecule has 4 heteroatoms. The lowest BCUT2D eigenvalue weighted by atomic mass is 10.0. The average molecular weight is 261 g/mol. The van der Waals surface area contributed by atoms with Crippen LogP contribution in [0, 0.1) is 5.92 Å². The SMILES string of the molecule is CC(CN(C)C(=O)c1cccc2c1CCC2)C(=O)O. The molecule has 0 saturated carbocycles. The van der Waals surface area contributed by atoms with Crippen molar-refractivity contribution < 1.29 is 14.7 Å². The van der Waals surface area contributed by atoms with Crippen LogP contribution in [0.1, 0.15) is 34.8 Å². The van der Waals surface area contributed by atoms with Gasteiger partial charge in [-0.1, -0.05) is 19.1 Å². The lowest BCUT2D eigenvalue weighted by Crippen LogP contribution is -2.34. The van der Waals surface area contributed by atoms with E-state index < -0.39 is 11.9 Å². The number of rotatable bonds is 4. The number of benzene rings is 1. The topological polar surface area (TPSA) is 57.6 Å². The van der Waals surface area contributed by atoms with Gasteiger partial charge >= 0.3 is 5.97 Å². The third-order valence-corrected chi connectivity index (χ3v) is 3.69. The number of carbonyl (C=O) groups is 2. The number of hydrogen-bond donors (Lipinski definition) is 1. The van der Waals surface area contributed by atoms with Crippen molar-refractivity contribution in [2.75, 3.05) is 13.6 Å². The molecule has 1 unspecified atom stereocenters. The normalized spacial score (nSPS) is 14.8. The molecule has 1 aliphatic carbocycles. The zero-order valence-corrected chi connectivity index (χ0v) is 11.3. The van der Waals surface area contributed by atoms with Crippen molar-refractivity contribution >= 4 is 11.9 Å². The minimum atomic E-state index is -0.877. The summed E-state index contributed by atoms with van der Waals surface area (Å²) in [5.41, 5.74) is 3.13. The number of carboxylic acid groups (broad SMARTS) is 1. The first-order valence-corrected chi connectivity index (χ1v) is 6.59. The van der Waals surface area contributed by atoms with E-state index in [0.29, 0.717) is 0 Å². The van der Waals surface area contributed by atoms with Gasteiger partial charge in [0.25, 0.3) is 5.91 Å². The zero-order valence-electron chi connectivity index (χ0n) is 11.3. The molecular weight excluding hydrogens is 242 g/mol. The molecule has 19 heavy (non-hydrogen) atoms. The highest BCUT2D eigenvalue weighted by Gasteiger charge is 2.23. The molecule has 4 nitrogen and oxygen atoms in total. The molecule has 1 atom stereocenters. The molecule has 0 aliphatic heterocycles. The minimum absolute atomic E-state index is 0.0770. The fraction of sp³-hybridized carbons (Fsp3) is 0.467. The summed E-state index contributed by atoms with van der Waals surface area (Å²) in [6, 6.07) is 5.82. The van der Waals surface area contributed by atoms with Crippen molar-refractivity contribution in [2.24, 2.45) is 5.92 Å². The first-order chi connectivity index (χ1) is 9.00. The fourth-order valence-electron chi connectivity index (χ4n) is 2.60. The Morgan fingerprint density at radius 3 is 2.79 bits per heavy atom. The molecule has 0 fully saturated rings. The lowest BCUT2D eigenvalue weighted by Gasteiger charge is -2.21. The maximum absolute atomic E-state index is 12.4. The van der Waals surface area contributed by atoms with E-state index in [1.807, 2.05) is 12.1 Å². The second kappa shape index (κ2) is 5.43. The largest absolute Gasteiger partial charge is 0.481 e. The van der Waals surface area contributed by atoms with E-state index in [1.54, 1.807) is 14.0 Å². The second-order valence-electron chi connectivity index (χ2n) is 5.22. The average Bonchev–Trinajstić information content (AvgIpc) is 2.85. The van der Waals surface area contributed by atoms with E-state index in [0.717, 1.165) is 30.4 Å². The molecule has 0 radical (unpaired) electrons. The number of fused-ring (bicyclic) bond motifs is 1.